The van der Waals surface area contributed by atoms with Crippen LogP contribution in [0.2, 0.25) is 0 Å². The largest absolute Gasteiger partial charge is 0.481 e. The van der Waals surface area contributed by atoms with Crippen molar-refractivity contribution in [2.75, 3.05) is 0 Å². The molecule has 3 rings (SSSR count). The number of nitrogens with zero attached hydrogens (tertiary/aromatic N) is 4. The van der Waals surface area contributed by atoms with E-state index in [1.807, 2.05) is 0 Å². The molecule has 0 saturated heterocycles. The van der Waals surface area contributed by atoms with Gasteiger partial charge >= 0.3 is 5.97 Å². The predicted molar refractivity (Wildman–Crippen MR) is 78.3 cm³/mol. The van der Waals surface area contributed by atoms with Crippen molar-refractivity contribution >= 4 is 17.3 Å². The molecule has 1 aliphatic carbocycles. The summed E-state index contributed by atoms with van der Waals surface area (Å²) in [6.45, 7) is 2.26. The van der Waals surface area contributed by atoms with Crippen LogP contribution in [0.15, 0.2) is 11.4 Å². The summed E-state index contributed by atoms with van der Waals surface area (Å²) in [4.78, 5) is 12.3. The quantitative estimate of drug-likeness (QED) is 0.916. The van der Waals surface area contributed by atoms with Gasteiger partial charge in [0.25, 0.3) is 0 Å². The first kappa shape index (κ1) is 14.2. The van der Waals surface area contributed by atoms with E-state index in [-0.39, 0.29) is 11.8 Å². The number of tetrazole rings is 1. The van der Waals surface area contributed by atoms with Gasteiger partial charge in [-0.1, -0.05) is 6.92 Å². The molecular formula is C14H18N4O2S. The fourth-order valence-corrected chi connectivity index (χ4v) is 3.80. The summed E-state index contributed by atoms with van der Waals surface area (Å²) in [5.74, 6) is -0.0467. The van der Waals surface area contributed by atoms with Gasteiger partial charge in [0.15, 0.2) is 5.82 Å². The molecular weight excluding hydrogens is 288 g/mol. The minimum Gasteiger partial charge on any atom is -0.481 e. The number of aryl methyl sites for hydroxylation is 2. The molecule has 0 aliphatic heterocycles. The molecule has 2 atom stereocenters. The molecule has 0 fully saturated rings. The number of carboxylic acids is 1. The van der Waals surface area contributed by atoms with Crippen LogP contribution in [-0.2, 0) is 17.8 Å². The van der Waals surface area contributed by atoms with Crippen LogP contribution in [0.1, 0.15) is 48.4 Å². The van der Waals surface area contributed by atoms with E-state index in [9.17, 15) is 4.79 Å². The number of fused-ring (bicyclic) bond motifs is 1. The molecule has 112 valence electrons. The third-order valence-corrected chi connectivity index (χ3v) is 5.12. The minimum atomic E-state index is -0.776. The van der Waals surface area contributed by atoms with E-state index < -0.39 is 5.97 Å². The SMILES string of the molecule is CC(CCn1nnnc1C1CCCc2sccc21)C(=O)O. The molecule has 2 unspecified atom stereocenters. The Balaban J connectivity index is 1.79. The molecule has 0 saturated carbocycles. The van der Waals surface area contributed by atoms with E-state index in [1.165, 1.54) is 10.4 Å². The molecule has 21 heavy (non-hydrogen) atoms. The highest BCUT2D eigenvalue weighted by Crippen LogP contribution is 2.38. The Morgan fingerprint density at radius 1 is 1.62 bits per heavy atom. The molecule has 2 aromatic heterocycles. The maximum Gasteiger partial charge on any atom is 0.306 e. The number of rotatable bonds is 5. The Morgan fingerprint density at radius 3 is 3.29 bits per heavy atom. The highest BCUT2D eigenvalue weighted by molar-refractivity contribution is 7.10. The zero-order valence-corrected chi connectivity index (χ0v) is 12.7. The van der Waals surface area contributed by atoms with Gasteiger partial charge in [0.2, 0.25) is 0 Å². The van der Waals surface area contributed by atoms with Gasteiger partial charge in [0.05, 0.1) is 5.92 Å². The average molecular weight is 306 g/mol. The molecule has 0 aromatic carbocycles. The molecule has 1 N–H and O–H groups in total. The predicted octanol–water partition coefficient (Wildman–Crippen LogP) is 2.31. The van der Waals surface area contributed by atoms with Crippen molar-refractivity contribution in [1.29, 1.82) is 0 Å². The van der Waals surface area contributed by atoms with Crippen LogP contribution in [0.5, 0.6) is 0 Å². The lowest BCUT2D eigenvalue weighted by molar-refractivity contribution is -0.141. The number of thiophene rings is 1. The van der Waals surface area contributed by atoms with Gasteiger partial charge in [-0.2, -0.15) is 0 Å². The first-order valence-electron chi connectivity index (χ1n) is 7.22. The lowest BCUT2D eigenvalue weighted by Gasteiger charge is -2.21. The van der Waals surface area contributed by atoms with Gasteiger partial charge in [-0.3, -0.25) is 4.79 Å². The molecule has 1 aliphatic rings. The summed E-state index contributed by atoms with van der Waals surface area (Å²) in [6, 6.07) is 2.17. The minimum absolute atomic E-state index is 0.245. The van der Waals surface area contributed by atoms with Crippen LogP contribution in [0.25, 0.3) is 0 Å². The van der Waals surface area contributed by atoms with Crippen LogP contribution >= 0.6 is 11.3 Å². The van der Waals surface area contributed by atoms with Crippen LogP contribution in [-0.4, -0.2) is 31.3 Å². The molecule has 7 heteroatoms. The third kappa shape index (κ3) is 2.83. The lowest BCUT2D eigenvalue weighted by Crippen LogP contribution is -2.18. The highest BCUT2D eigenvalue weighted by Gasteiger charge is 2.27. The highest BCUT2D eigenvalue weighted by atomic mass is 32.1. The molecule has 6 nitrogen and oxygen atoms in total. The van der Waals surface area contributed by atoms with Crippen molar-refractivity contribution in [3.63, 3.8) is 0 Å². The normalized spacial score (nSPS) is 19.2. The van der Waals surface area contributed by atoms with E-state index in [1.54, 1.807) is 22.9 Å². The summed E-state index contributed by atoms with van der Waals surface area (Å²) in [5, 5.41) is 23.1. The van der Waals surface area contributed by atoms with Crippen molar-refractivity contribution in [2.45, 2.75) is 45.1 Å². The topological polar surface area (TPSA) is 80.9 Å². The van der Waals surface area contributed by atoms with E-state index in [0.29, 0.717) is 13.0 Å². The van der Waals surface area contributed by atoms with Gasteiger partial charge in [-0.25, -0.2) is 4.68 Å². The number of hydrogen-bond acceptors (Lipinski definition) is 5. The van der Waals surface area contributed by atoms with Crippen LogP contribution in [0.3, 0.4) is 0 Å². The Morgan fingerprint density at radius 2 is 2.48 bits per heavy atom. The molecule has 2 aromatic rings. The summed E-state index contributed by atoms with van der Waals surface area (Å²) in [5.41, 5.74) is 1.34. The molecule has 2 heterocycles. The number of hydrogen-bond donors (Lipinski definition) is 1. The van der Waals surface area contributed by atoms with Gasteiger partial charge in [-0.15, -0.1) is 16.4 Å². The maximum atomic E-state index is 10.9. The Labute approximate surface area is 126 Å². The van der Waals surface area contributed by atoms with Crippen LogP contribution < -0.4 is 0 Å². The Kier molecular flexibility index (Phi) is 4.01. The smallest absolute Gasteiger partial charge is 0.306 e. The number of carbonyl (C=O) groups is 1. The first-order chi connectivity index (χ1) is 10.2. The monoisotopic (exact) mass is 306 g/mol. The second-order valence-corrected chi connectivity index (χ2v) is 6.53. The first-order valence-corrected chi connectivity index (χ1v) is 8.10. The molecule has 0 spiro atoms. The average Bonchev–Trinajstić information content (AvgIpc) is 3.12. The Bertz CT molecular complexity index is 636. The zero-order valence-electron chi connectivity index (χ0n) is 11.9. The number of aromatic nitrogens is 4. The van der Waals surface area contributed by atoms with Gasteiger partial charge in [0, 0.05) is 17.3 Å². The van der Waals surface area contributed by atoms with Crippen molar-refractivity contribution in [3.05, 3.63) is 27.7 Å². The van der Waals surface area contributed by atoms with E-state index in [4.69, 9.17) is 5.11 Å². The van der Waals surface area contributed by atoms with E-state index in [0.717, 1.165) is 25.1 Å². The maximum absolute atomic E-state index is 10.9. The summed E-state index contributed by atoms with van der Waals surface area (Å²) in [7, 11) is 0. The van der Waals surface area contributed by atoms with Gasteiger partial charge < -0.3 is 5.11 Å². The fraction of sp³-hybridized carbons (Fsp3) is 0.571. The van der Waals surface area contributed by atoms with Crippen LogP contribution in [0.4, 0.5) is 0 Å². The number of aliphatic carboxylic acids is 1. The second kappa shape index (κ2) is 5.93. The summed E-state index contributed by atoms with van der Waals surface area (Å²) in [6.07, 6.45) is 3.88. The number of carboxylic acid groups (broad SMARTS) is 1. The summed E-state index contributed by atoms with van der Waals surface area (Å²) < 4.78 is 1.77. The van der Waals surface area contributed by atoms with Gasteiger partial charge in [0.1, 0.15) is 0 Å². The molecule has 0 radical (unpaired) electrons. The molecule has 0 amide bonds. The van der Waals surface area contributed by atoms with E-state index >= 15 is 0 Å². The summed E-state index contributed by atoms with van der Waals surface area (Å²) >= 11 is 1.80. The van der Waals surface area contributed by atoms with Gasteiger partial charge in [-0.05, 0) is 53.1 Å². The fourth-order valence-electron chi connectivity index (χ4n) is 2.81. The van der Waals surface area contributed by atoms with Crippen molar-refractivity contribution < 1.29 is 9.90 Å². The van der Waals surface area contributed by atoms with Crippen molar-refractivity contribution in [1.82, 2.24) is 20.2 Å². The standard InChI is InChI=1S/C14H18N4O2S/c1-9(14(19)20)5-7-18-13(15-16-17-18)11-3-2-4-12-10(11)6-8-21-12/h6,8-9,11H,2-5,7H2,1H3,(H,19,20). The van der Waals surface area contributed by atoms with Crippen molar-refractivity contribution in [2.24, 2.45) is 5.92 Å². The zero-order chi connectivity index (χ0) is 14.8. The lowest BCUT2D eigenvalue weighted by atomic mass is 9.87. The molecule has 0 bridgehead atoms. The van der Waals surface area contributed by atoms with Crippen LogP contribution in [0, 0.1) is 5.92 Å². The van der Waals surface area contributed by atoms with E-state index in [2.05, 4.69) is 27.0 Å². The third-order valence-electron chi connectivity index (χ3n) is 4.12. The Hall–Kier alpha value is -1.76. The second-order valence-electron chi connectivity index (χ2n) is 5.53. The van der Waals surface area contributed by atoms with Crippen molar-refractivity contribution in [3.8, 4) is 0 Å².